The number of Topliss-reactive ketones (excluding diaryl/α,β-unsaturated/α-hetero) is 3. The summed E-state index contributed by atoms with van der Waals surface area (Å²) in [6, 6.07) is -1.16. The molecule has 15 atom stereocenters. The van der Waals surface area contributed by atoms with Crippen molar-refractivity contribution < 1.29 is 67.0 Å². The van der Waals surface area contributed by atoms with E-state index in [4.69, 9.17) is 28.2 Å². The van der Waals surface area contributed by atoms with Crippen molar-refractivity contribution in [2.45, 2.75) is 180 Å². The quantitative estimate of drug-likeness (QED) is 0.104. The smallest absolute Gasteiger partial charge is 0.329 e. The number of ketones is 3. The Balaban J connectivity index is 1.70. The maximum atomic E-state index is 14.5. The number of fused-ring (bicyclic) bond motifs is 3. The number of allylic oxidation sites excluding steroid dienone is 6. The molecule has 1 saturated carbocycles. The minimum absolute atomic E-state index is 0.0117. The number of nitrogens with zero attached hydrogens (tertiary/aromatic N) is 1. The fourth-order valence-electron chi connectivity index (χ4n) is 10.5. The molecule has 2 saturated heterocycles. The van der Waals surface area contributed by atoms with Crippen LogP contribution < -0.4 is 0 Å². The van der Waals surface area contributed by atoms with Crippen LogP contribution in [0, 0.1) is 35.5 Å². The molecule has 3 fully saturated rings. The average molecular weight is 990 g/mol. The Morgan fingerprint density at radius 2 is 1.57 bits per heavy atom. The molecule has 0 aromatic rings. The summed E-state index contributed by atoms with van der Waals surface area (Å²) < 4.78 is 48.2. The molecule has 0 radical (unpaired) electrons. The summed E-state index contributed by atoms with van der Waals surface area (Å²) >= 11 is 0. The molecular formula is C53H84NO14P. The van der Waals surface area contributed by atoms with Gasteiger partial charge in [-0.3, -0.25) is 23.7 Å². The number of hydrogen-bond acceptors (Lipinski definition) is 14. The molecule has 2 N–H and O–H groups in total. The van der Waals surface area contributed by atoms with Crippen LogP contribution in [0.2, 0.25) is 0 Å². The third-order valence-corrected chi connectivity index (χ3v) is 15.6. The topological polar surface area (TPSA) is 201 Å². The van der Waals surface area contributed by atoms with Crippen molar-refractivity contribution in [3.63, 3.8) is 0 Å². The van der Waals surface area contributed by atoms with Crippen LogP contribution in [-0.4, -0.2) is 140 Å². The van der Waals surface area contributed by atoms with Crippen molar-refractivity contribution >= 4 is 36.6 Å². The van der Waals surface area contributed by atoms with E-state index in [1.165, 1.54) is 12.0 Å². The Kier molecular flexibility index (Phi) is 22.5. The number of cyclic esters (lactones) is 1. The number of carbonyl (C=O) groups excluding carboxylic acids is 5. The molecule has 15 nitrogen and oxygen atoms in total. The van der Waals surface area contributed by atoms with E-state index in [1.54, 1.807) is 54.4 Å². The first kappa shape index (κ1) is 58.4. The first-order valence-electron chi connectivity index (χ1n) is 25.2. The number of carbonyl (C=O) groups is 5. The second kappa shape index (κ2) is 26.5. The van der Waals surface area contributed by atoms with Crippen molar-refractivity contribution in [3.8, 4) is 0 Å². The minimum atomic E-state index is -2.79. The lowest BCUT2D eigenvalue weighted by Gasteiger charge is -2.42. The lowest BCUT2D eigenvalue weighted by molar-refractivity contribution is -0.265. The van der Waals surface area contributed by atoms with Crippen molar-refractivity contribution in [2.75, 3.05) is 41.2 Å². The molecule has 0 spiro atoms. The lowest BCUT2D eigenvalue weighted by Crippen LogP contribution is -2.61. The Morgan fingerprint density at radius 3 is 2.22 bits per heavy atom. The van der Waals surface area contributed by atoms with Gasteiger partial charge in [0.2, 0.25) is 5.79 Å². The van der Waals surface area contributed by atoms with E-state index < -0.39 is 85.1 Å². The fraction of sp³-hybridized carbons (Fsp3) is 0.755. The molecule has 390 valence electrons. The zero-order valence-electron chi connectivity index (χ0n) is 43.4. The van der Waals surface area contributed by atoms with Gasteiger partial charge in [-0.1, -0.05) is 71.1 Å². The Labute approximate surface area is 411 Å². The number of hydrogen-bond donors (Lipinski definition) is 2. The highest BCUT2D eigenvalue weighted by molar-refractivity contribution is 7.57. The van der Waals surface area contributed by atoms with E-state index in [-0.39, 0.29) is 60.9 Å². The second-order valence-electron chi connectivity index (χ2n) is 20.9. The van der Waals surface area contributed by atoms with Gasteiger partial charge in [-0.25, -0.2) is 4.79 Å². The van der Waals surface area contributed by atoms with E-state index in [0.29, 0.717) is 63.4 Å². The van der Waals surface area contributed by atoms with Crippen molar-refractivity contribution in [3.05, 3.63) is 47.6 Å². The average Bonchev–Trinajstić information content (AvgIpc) is 3.30. The minimum Gasteiger partial charge on any atom is -0.460 e. The summed E-state index contributed by atoms with van der Waals surface area (Å²) in [6.45, 7) is 15.9. The molecule has 1 aliphatic carbocycles. The fourth-order valence-corrected chi connectivity index (χ4v) is 11.4. The van der Waals surface area contributed by atoms with Crippen LogP contribution in [0.25, 0.3) is 0 Å². The molecule has 1 amide bonds. The maximum absolute atomic E-state index is 14.5. The number of ether oxygens (including phenoxy) is 5. The molecule has 4 rings (SSSR count). The highest BCUT2D eigenvalue weighted by Crippen LogP contribution is 2.45. The van der Waals surface area contributed by atoms with Crippen LogP contribution >= 0.6 is 7.37 Å². The molecule has 15 unspecified atom stereocenters. The monoisotopic (exact) mass is 990 g/mol. The van der Waals surface area contributed by atoms with Gasteiger partial charge in [-0.05, 0) is 107 Å². The molecule has 2 bridgehead atoms. The van der Waals surface area contributed by atoms with Crippen LogP contribution in [0.1, 0.15) is 126 Å². The van der Waals surface area contributed by atoms with Crippen molar-refractivity contribution in [2.24, 2.45) is 35.5 Å². The van der Waals surface area contributed by atoms with E-state index >= 15 is 0 Å². The van der Waals surface area contributed by atoms with Crippen LogP contribution in [0.4, 0.5) is 0 Å². The summed E-state index contributed by atoms with van der Waals surface area (Å²) in [5.74, 6) is -8.11. The summed E-state index contributed by atoms with van der Waals surface area (Å²) in [6.07, 6.45) is 11.4. The normalized spacial score (nSPS) is 39.0. The standard InChI is InChI=1S/C53H84NO14P/c1-32-18-14-13-15-19-33(2)44(63-8)30-40-23-21-38(7)53(61,67-40)50(58)51(59)54-25-17-16-20-41(54)52(60)66-45(35(4)28-39-22-24-43(46(29-39)64-9)68-69(11,12)62)31-42(55)34(3)27-37(6)48(57)49(65-10)47(56)36(5)26-32/h13-15,18-19,27,32,34-36,38-41,43-46,48-49,57,61H,16-17,20-26,28-31H2,1-12H3/b15-13+,18-14+,33-19-,37-27+. The summed E-state index contributed by atoms with van der Waals surface area (Å²) in [5.41, 5.74) is 1.25. The largest absolute Gasteiger partial charge is 0.460 e. The number of piperidine rings is 1. The first-order valence-corrected chi connectivity index (χ1v) is 27.7. The van der Waals surface area contributed by atoms with E-state index in [9.17, 15) is 38.8 Å². The highest BCUT2D eigenvalue weighted by atomic mass is 31.2. The van der Waals surface area contributed by atoms with Gasteiger partial charge in [0.15, 0.2) is 13.2 Å². The van der Waals surface area contributed by atoms with Crippen LogP contribution in [0.15, 0.2) is 47.6 Å². The van der Waals surface area contributed by atoms with Gasteiger partial charge >= 0.3 is 5.97 Å². The molecule has 69 heavy (non-hydrogen) atoms. The van der Waals surface area contributed by atoms with Gasteiger partial charge in [0.05, 0.1) is 24.4 Å². The molecule has 16 heteroatoms. The third-order valence-electron chi connectivity index (χ3n) is 14.8. The van der Waals surface area contributed by atoms with Crippen molar-refractivity contribution in [1.29, 1.82) is 0 Å². The van der Waals surface area contributed by atoms with Crippen LogP contribution in [0.5, 0.6) is 0 Å². The van der Waals surface area contributed by atoms with Gasteiger partial charge in [0, 0.05) is 71.8 Å². The molecule has 3 heterocycles. The zero-order valence-corrected chi connectivity index (χ0v) is 44.3. The summed E-state index contributed by atoms with van der Waals surface area (Å²) in [4.78, 5) is 72.2. The van der Waals surface area contributed by atoms with Gasteiger partial charge < -0.3 is 43.3 Å². The highest BCUT2D eigenvalue weighted by Gasteiger charge is 2.53. The predicted molar refractivity (Wildman–Crippen MR) is 263 cm³/mol. The lowest BCUT2D eigenvalue weighted by atomic mass is 9.78. The third kappa shape index (κ3) is 16.2. The summed E-state index contributed by atoms with van der Waals surface area (Å²) in [5, 5.41) is 23.5. The number of esters is 1. The van der Waals surface area contributed by atoms with E-state index in [0.717, 1.165) is 12.0 Å². The summed E-state index contributed by atoms with van der Waals surface area (Å²) in [7, 11) is 1.76. The number of amides is 1. The Bertz CT molecular complexity index is 1940. The van der Waals surface area contributed by atoms with Gasteiger partial charge in [-0.15, -0.1) is 0 Å². The molecule has 4 aliphatic rings. The van der Waals surface area contributed by atoms with Gasteiger partial charge in [0.1, 0.15) is 30.1 Å². The number of aliphatic hydroxyl groups excluding tert-OH is 1. The molecule has 3 aliphatic heterocycles. The van der Waals surface area contributed by atoms with Gasteiger partial charge in [-0.2, -0.15) is 0 Å². The second-order valence-corrected chi connectivity index (χ2v) is 23.6. The number of rotatable bonds is 8. The Morgan fingerprint density at radius 1 is 0.855 bits per heavy atom. The van der Waals surface area contributed by atoms with E-state index in [1.807, 2.05) is 58.1 Å². The maximum Gasteiger partial charge on any atom is 0.329 e. The Hall–Kier alpha value is -3.14. The molecular weight excluding hydrogens is 906 g/mol. The number of methoxy groups -OCH3 is 3. The first-order chi connectivity index (χ1) is 32.4. The molecule has 0 aromatic carbocycles. The van der Waals surface area contributed by atoms with Crippen molar-refractivity contribution in [1.82, 2.24) is 4.90 Å². The zero-order chi connectivity index (χ0) is 51.4. The predicted octanol–water partition coefficient (Wildman–Crippen LogP) is 7.74. The van der Waals surface area contributed by atoms with Crippen LogP contribution in [-0.2, 0) is 56.7 Å². The number of aliphatic hydroxyl groups is 2. The van der Waals surface area contributed by atoms with Gasteiger partial charge in [0.25, 0.3) is 11.7 Å². The van der Waals surface area contributed by atoms with Crippen LogP contribution in [0.3, 0.4) is 0 Å². The van der Waals surface area contributed by atoms with E-state index in [2.05, 4.69) is 0 Å². The molecule has 0 aromatic heterocycles. The SMILES string of the molecule is COC1CC2CCC(C)C(O)(O2)C(=O)C(=O)N2CCCCC2C(=O)OC(C(C)CC2CCC(OP(C)(C)=O)C(OC)C2)CC(=O)C(C)/C=C(\C)C(O)C(OC)C(=O)C(C)CC(C)/C=C/C=C/C=C\1C.